The maximum Gasteiger partial charge on any atom is 0.417 e. The number of carbonyl (C=O) groups is 6. The van der Waals surface area contributed by atoms with Gasteiger partial charge in [-0.3, -0.25) is 58.2 Å². The van der Waals surface area contributed by atoms with Crippen LogP contribution in [0.4, 0.5) is 13.2 Å². The van der Waals surface area contributed by atoms with Crippen molar-refractivity contribution in [3.8, 4) is 0 Å². The van der Waals surface area contributed by atoms with Crippen LogP contribution in [0.3, 0.4) is 0 Å². The smallest absolute Gasteiger partial charge is 0.313 e. The predicted octanol–water partition coefficient (Wildman–Crippen LogP) is 21.9. The van der Waals surface area contributed by atoms with Crippen molar-refractivity contribution in [1.29, 1.82) is 0 Å². The molecule has 5 aliphatic rings. The first-order valence-corrected chi connectivity index (χ1v) is 51.3. The SMILES string of the molecule is CC(C)C(=O)[C@@H](CN1CCN(C(C)C)CC1)c1ccc(Cl)cc1.CC(C)C(=O)[C@@H](CN1CC[C@H](N(C)C)C1)c1ccc(Cl)cc1.CC(C)C(=O)[C@H](CN1CCN(C(C)C)CC1)c1ccc(Cl)cc1.CC(C)NC[C@@H](C(=O)C(C)C)c1ccc(Cl)c(C(F)(F)F)c1.CCN1CCN(C[C@@H](C(=O)C(C)C)c2ccc(Cl)cc2)CC1.CCN1CCN(C[C@H](C(=O)C(C)C)c2ccc(Cl)cc2)CC1. The second-order valence-electron chi connectivity index (χ2n) is 39.7. The Kier molecular flexibility index (Phi) is 51.2. The molecule has 0 amide bonds. The first-order chi connectivity index (χ1) is 63.2. The van der Waals surface area contributed by atoms with Gasteiger partial charge in [0, 0.05) is 235 Å². The van der Waals surface area contributed by atoms with Gasteiger partial charge in [-0.1, -0.05) is 247 Å². The molecule has 0 radical (unpaired) electrons. The van der Waals surface area contributed by atoms with Gasteiger partial charge in [0.15, 0.2) is 0 Å². The number of benzene rings is 6. The molecule has 134 heavy (non-hydrogen) atoms. The summed E-state index contributed by atoms with van der Waals surface area (Å²) in [6, 6.07) is 44.4. The highest BCUT2D eigenvalue weighted by atomic mass is 35.5. The molecule has 0 aliphatic carbocycles. The molecule has 26 heteroatoms. The lowest BCUT2D eigenvalue weighted by molar-refractivity contribution is -0.137. The fourth-order valence-electron chi connectivity index (χ4n) is 17.6. The maximum absolute atomic E-state index is 13.0. The van der Waals surface area contributed by atoms with Crippen LogP contribution in [0.25, 0.3) is 0 Å². The van der Waals surface area contributed by atoms with E-state index in [1.165, 1.54) is 18.6 Å². The fourth-order valence-corrected chi connectivity index (χ4v) is 18.4. The first kappa shape index (κ1) is 117. The van der Waals surface area contributed by atoms with Crippen molar-refractivity contribution in [3.05, 3.63) is 209 Å². The monoisotopic (exact) mass is 1970 g/mol. The van der Waals surface area contributed by atoms with Crippen LogP contribution in [0.5, 0.6) is 0 Å². The molecule has 5 saturated heterocycles. The Morgan fingerprint density at radius 2 is 0.560 bits per heavy atom. The number of likely N-dealkylation sites (N-methyl/N-ethyl adjacent to an activating group) is 3. The number of alkyl halides is 3. The number of halogens is 9. The van der Waals surface area contributed by atoms with Crippen molar-refractivity contribution in [1.82, 2.24) is 54.3 Å². The molecule has 17 nitrogen and oxygen atoms in total. The molecule has 5 fully saturated rings. The second kappa shape index (κ2) is 58.6. The zero-order valence-corrected chi connectivity index (χ0v) is 89.0. The Balaban J connectivity index is 0.000000247. The predicted molar refractivity (Wildman–Crippen MR) is 554 cm³/mol. The van der Waals surface area contributed by atoms with E-state index in [0.29, 0.717) is 64.2 Å². The van der Waals surface area contributed by atoms with Crippen LogP contribution in [-0.4, -0.2) is 292 Å². The van der Waals surface area contributed by atoms with E-state index in [9.17, 15) is 41.9 Å². The molecular weight excluding hydrogens is 1820 g/mol. The Hall–Kier alpha value is -5.57. The van der Waals surface area contributed by atoms with E-state index < -0.39 is 17.7 Å². The number of nitrogens with one attached hydrogen (secondary N) is 1. The quantitative estimate of drug-likeness (QED) is 0.0397. The molecular formula is C108H160Cl6F3N11O6. The lowest BCUT2D eigenvalue weighted by Crippen LogP contribution is -2.50. The molecule has 5 aliphatic heterocycles. The highest BCUT2D eigenvalue weighted by Gasteiger charge is 2.38. The van der Waals surface area contributed by atoms with Crippen molar-refractivity contribution in [2.24, 2.45) is 35.5 Å². The molecule has 1 N–H and O–H groups in total. The van der Waals surface area contributed by atoms with Gasteiger partial charge in [-0.15, -0.1) is 0 Å². The lowest BCUT2D eigenvalue weighted by Gasteiger charge is -2.38. The third-order valence-electron chi connectivity index (χ3n) is 26.5. The van der Waals surface area contributed by atoms with Crippen LogP contribution in [0.2, 0.25) is 30.1 Å². The summed E-state index contributed by atoms with van der Waals surface area (Å²) >= 11 is 35.6. The Labute approximate surface area is 833 Å². The molecule has 6 aromatic carbocycles. The molecule has 0 aromatic heterocycles. The van der Waals surface area contributed by atoms with Gasteiger partial charge in [0.1, 0.15) is 34.7 Å². The standard InChI is InChI=1S/2C19H29ClN2O.3C18H27ClN2O.C16H21ClF3NO/c2*1-14(2)19(23)18(16-5-7-17(20)8-6-16)13-21-9-11-22(12-10-21)15(3)4;1-13(2)18(22)17(14-5-7-15(19)8-6-14)12-21-10-9-16(11-21)20(3)4;2*1-4-20-9-11-21(12-10-20)13-17(18(22)14(2)3)15-5-7-16(19)8-6-15;1-9(2)15(22)12(8-21-10(3)4)11-5-6-14(17)13(7-11)16(18,19)20/h2*5-8,14-15,18H,9-13H2,1-4H3;5-8,13,16-17H,9-12H2,1-4H3;2*5-8,14,17H,4,9-13H2,1-3H3;5-7,9-10,12,21H,8H2,1-4H3/t2*18-;16-,17-;2*17-;12-/m100101/s1. The van der Waals surface area contributed by atoms with Crippen molar-refractivity contribution < 1.29 is 41.9 Å². The van der Waals surface area contributed by atoms with Crippen LogP contribution >= 0.6 is 69.6 Å². The summed E-state index contributed by atoms with van der Waals surface area (Å²) in [6.07, 6.45) is -3.36. The number of likely N-dealkylation sites (tertiary alicyclic amines) is 1. The van der Waals surface area contributed by atoms with E-state index in [1.54, 1.807) is 13.8 Å². The van der Waals surface area contributed by atoms with E-state index in [1.807, 2.05) is 204 Å². The molecule has 0 spiro atoms. The summed E-state index contributed by atoms with van der Waals surface area (Å²) in [6.45, 7) is 66.3. The number of hydrogen-bond acceptors (Lipinski definition) is 17. The van der Waals surface area contributed by atoms with Crippen molar-refractivity contribution in [2.75, 3.05) is 184 Å². The normalized spacial score (nSPS) is 18.1. The molecule has 11 rings (SSSR count). The molecule has 0 bridgehead atoms. The van der Waals surface area contributed by atoms with Crippen LogP contribution in [0, 0.1) is 35.5 Å². The number of ketones is 6. The Morgan fingerprint density at radius 3 is 0.776 bits per heavy atom. The third-order valence-corrected chi connectivity index (χ3v) is 28.1. The van der Waals surface area contributed by atoms with Gasteiger partial charge in [0.25, 0.3) is 0 Å². The Bertz CT molecular complexity index is 4270. The second-order valence-corrected chi connectivity index (χ2v) is 42.3. The molecule has 0 saturated carbocycles. The minimum atomic E-state index is -4.54. The molecule has 746 valence electrons. The summed E-state index contributed by atoms with van der Waals surface area (Å²) in [4.78, 5) is 100. The number of nitrogens with zero attached hydrogens (tertiary/aromatic N) is 10. The van der Waals surface area contributed by atoms with Crippen LogP contribution in [-0.2, 0) is 34.9 Å². The minimum absolute atomic E-state index is 0.0487. The number of piperazine rings is 4. The van der Waals surface area contributed by atoms with Gasteiger partial charge in [0.2, 0.25) is 0 Å². The zero-order valence-electron chi connectivity index (χ0n) is 84.4. The summed E-state index contributed by atoms with van der Waals surface area (Å²) in [5.41, 5.74) is 4.85. The van der Waals surface area contributed by atoms with Gasteiger partial charge >= 0.3 is 6.18 Å². The average Bonchev–Trinajstić information content (AvgIpc) is 0.835. The van der Waals surface area contributed by atoms with E-state index in [-0.39, 0.29) is 81.9 Å². The van der Waals surface area contributed by atoms with Crippen molar-refractivity contribution in [2.45, 2.75) is 211 Å². The Morgan fingerprint density at radius 1 is 0.328 bits per heavy atom. The van der Waals surface area contributed by atoms with E-state index >= 15 is 0 Å². The van der Waals surface area contributed by atoms with Gasteiger partial charge in [-0.05, 0) is 174 Å². The molecule has 0 unspecified atom stereocenters. The average molecular weight is 1980 g/mol. The lowest BCUT2D eigenvalue weighted by atomic mass is 9.87. The maximum atomic E-state index is 13.0. The minimum Gasteiger partial charge on any atom is -0.313 e. The topological polar surface area (TPSA) is 147 Å². The third kappa shape index (κ3) is 39.1. The summed E-state index contributed by atoms with van der Waals surface area (Å²) in [5, 5.41) is 6.35. The van der Waals surface area contributed by atoms with Crippen molar-refractivity contribution in [3.63, 3.8) is 0 Å². The van der Waals surface area contributed by atoms with Crippen LogP contribution < -0.4 is 5.32 Å². The van der Waals surface area contributed by atoms with E-state index in [0.717, 1.165) is 218 Å². The van der Waals surface area contributed by atoms with E-state index in [2.05, 4.69) is 110 Å². The van der Waals surface area contributed by atoms with Crippen LogP contribution in [0.1, 0.15) is 219 Å². The van der Waals surface area contributed by atoms with Crippen molar-refractivity contribution >= 4 is 104 Å². The summed E-state index contributed by atoms with van der Waals surface area (Å²) in [5.74, 6) is 0.592. The first-order valence-electron chi connectivity index (χ1n) is 49.0. The van der Waals surface area contributed by atoms with Gasteiger partial charge < -0.3 is 24.9 Å². The summed E-state index contributed by atoms with van der Waals surface area (Å²) < 4.78 is 38.9. The number of Topliss-reactive ketones (excluding diaryl/α,β-unsaturated/α-hetero) is 6. The number of rotatable bonds is 36. The van der Waals surface area contributed by atoms with Gasteiger partial charge in [-0.25, -0.2) is 0 Å². The largest absolute Gasteiger partial charge is 0.417 e. The fraction of sp³-hybridized carbons (Fsp3) is 0.611. The molecule has 5 heterocycles. The highest BCUT2D eigenvalue weighted by molar-refractivity contribution is 6.32. The highest BCUT2D eigenvalue weighted by Crippen LogP contribution is 2.38. The number of carbonyl (C=O) groups excluding carboxylic acids is 6. The number of hydrogen-bond donors (Lipinski definition) is 1. The zero-order chi connectivity index (χ0) is 99.5. The molecule has 6 aromatic rings. The van der Waals surface area contributed by atoms with Gasteiger partial charge in [-0.2, -0.15) is 13.2 Å². The van der Waals surface area contributed by atoms with Gasteiger partial charge in [0.05, 0.1) is 46.1 Å². The molecule has 7 atom stereocenters. The van der Waals surface area contributed by atoms with Crippen LogP contribution in [0.15, 0.2) is 140 Å². The summed E-state index contributed by atoms with van der Waals surface area (Å²) in [7, 11) is 4.26. The van der Waals surface area contributed by atoms with E-state index in [4.69, 9.17) is 69.6 Å².